The second-order valence-corrected chi connectivity index (χ2v) is 4.49. The first-order valence-corrected chi connectivity index (χ1v) is 5.62. The average Bonchev–Trinajstić information content (AvgIpc) is 2.04. The van der Waals surface area contributed by atoms with Gasteiger partial charge < -0.3 is 10.4 Å². The van der Waals surface area contributed by atoms with Gasteiger partial charge in [0.05, 0.1) is 6.10 Å². The van der Waals surface area contributed by atoms with Crippen LogP contribution in [0.2, 0.25) is 0 Å². The predicted octanol–water partition coefficient (Wildman–Crippen LogP) is 2.07. The molecule has 0 amide bonds. The Kier molecular flexibility index (Phi) is 4.74. The van der Waals surface area contributed by atoms with E-state index in [1.54, 1.807) is 0 Å². The standard InChI is InChI=1S/C11H23NO/c1-9(8-10(2)13)12-11-6-4-3-5-7-11/h9-13H,3-8H2,1-2H3/t9-,10+/m0/s1. The van der Waals surface area contributed by atoms with E-state index in [0.717, 1.165) is 6.42 Å². The third kappa shape index (κ3) is 4.63. The Morgan fingerprint density at radius 2 is 1.85 bits per heavy atom. The lowest BCUT2D eigenvalue weighted by Crippen LogP contribution is -2.39. The van der Waals surface area contributed by atoms with Crippen LogP contribution in [0.5, 0.6) is 0 Å². The largest absolute Gasteiger partial charge is 0.393 e. The van der Waals surface area contributed by atoms with Gasteiger partial charge in [-0.1, -0.05) is 19.3 Å². The predicted molar refractivity (Wildman–Crippen MR) is 55.8 cm³/mol. The SMILES string of the molecule is C[C@@H](O)C[C@H](C)NC1CCCCC1. The minimum Gasteiger partial charge on any atom is -0.393 e. The van der Waals surface area contributed by atoms with Gasteiger partial charge in [0.25, 0.3) is 0 Å². The molecule has 0 aromatic heterocycles. The Morgan fingerprint density at radius 1 is 1.23 bits per heavy atom. The van der Waals surface area contributed by atoms with Crippen molar-refractivity contribution in [3.63, 3.8) is 0 Å². The van der Waals surface area contributed by atoms with E-state index >= 15 is 0 Å². The molecule has 0 spiro atoms. The van der Waals surface area contributed by atoms with Gasteiger partial charge in [-0.05, 0) is 33.1 Å². The highest BCUT2D eigenvalue weighted by Crippen LogP contribution is 2.18. The summed E-state index contributed by atoms with van der Waals surface area (Å²) in [5.41, 5.74) is 0. The van der Waals surface area contributed by atoms with Crippen LogP contribution in [0.3, 0.4) is 0 Å². The molecule has 0 radical (unpaired) electrons. The molecule has 0 saturated heterocycles. The lowest BCUT2D eigenvalue weighted by molar-refractivity contribution is 0.165. The Morgan fingerprint density at radius 3 is 2.38 bits per heavy atom. The number of hydrogen-bond donors (Lipinski definition) is 2. The molecule has 0 aromatic carbocycles. The van der Waals surface area contributed by atoms with Gasteiger partial charge in [-0.3, -0.25) is 0 Å². The molecular formula is C11H23NO. The van der Waals surface area contributed by atoms with Crippen molar-refractivity contribution >= 4 is 0 Å². The van der Waals surface area contributed by atoms with E-state index in [-0.39, 0.29) is 6.10 Å². The zero-order chi connectivity index (χ0) is 9.68. The molecule has 78 valence electrons. The van der Waals surface area contributed by atoms with Crippen LogP contribution >= 0.6 is 0 Å². The number of rotatable bonds is 4. The quantitative estimate of drug-likeness (QED) is 0.702. The fourth-order valence-electron chi connectivity index (χ4n) is 2.25. The zero-order valence-corrected chi connectivity index (χ0v) is 8.92. The van der Waals surface area contributed by atoms with Crippen LogP contribution in [-0.2, 0) is 0 Å². The first-order valence-electron chi connectivity index (χ1n) is 5.62. The molecule has 0 aliphatic heterocycles. The highest BCUT2D eigenvalue weighted by molar-refractivity contribution is 4.75. The average molecular weight is 185 g/mol. The molecule has 0 bridgehead atoms. The van der Waals surface area contributed by atoms with Gasteiger partial charge in [-0.2, -0.15) is 0 Å². The maximum absolute atomic E-state index is 9.21. The smallest absolute Gasteiger partial charge is 0.0526 e. The molecule has 1 aliphatic carbocycles. The van der Waals surface area contributed by atoms with Crippen molar-refractivity contribution in [2.45, 2.75) is 70.6 Å². The topological polar surface area (TPSA) is 32.3 Å². The number of hydrogen-bond acceptors (Lipinski definition) is 2. The second kappa shape index (κ2) is 5.61. The van der Waals surface area contributed by atoms with E-state index in [2.05, 4.69) is 12.2 Å². The molecular weight excluding hydrogens is 162 g/mol. The molecule has 1 rings (SSSR count). The van der Waals surface area contributed by atoms with Gasteiger partial charge in [0, 0.05) is 12.1 Å². The van der Waals surface area contributed by atoms with Crippen LogP contribution < -0.4 is 5.32 Å². The van der Waals surface area contributed by atoms with Crippen molar-refractivity contribution in [3.8, 4) is 0 Å². The van der Waals surface area contributed by atoms with Crippen molar-refractivity contribution in [2.75, 3.05) is 0 Å². The summed E-state index contributed by atoms with van der Waals surface area (Å²) < 4.78 is 0. The van der Waals surface area contributed by atoms with Crippen LogP contribution in [0.1, 0.15) is 52.4 Å². The summed E-state index contributed by atoms with van der Waals surface area (Å²) in [5, 5.41) is 12.8. The van der Waals surface area contributed by atoms with E-state index in [0.29, 0.717) is 12.1 Å². The van der Waals surface area contributed by atoms with E-state index in [4.69, 9.17) is 0 Å². The van der Waals surface area contributed by atoms with Gasteiger partial charge in [-0.15, -0.1) is 0 Å². The molecule has 0 heterocycles. The van der Waals surface area contributed by atoms with Crippen LogP contribution in [0, 0.1) is 0 Å². The summed E-state index contributed by atoms with van der Waals surface area (Å²) in [7, 11) is 0. The minimum atomic E-state index is -0.175. The minimum absolute atomic E-state index is 0.175. The van der Waals surface area contributed by atoms with Crippen molar-refractivity contribution < 1.29 is 5.11 Å². The third-order valence-electron chi connectivity index (χ3n) is 2.82. The summed E-state index contributed by atoms with van der Waals surface area (Å²) in [6, 6.07) is 1.17. The highest BCUT2D eigenvalue weighted by atomic mass is 16.3. The fourth-order valence-corrected chi connectivity index (χ4v) is 2.25. The molecule has 2 atom stereocenters. The zero-order valence-electron chi connectivity index (χ0n) is 8.92. The van der Waals surface area contributed by atoms with E-state index < -0.39 is 0 Å². The van der Waals surface area contributed by atoms with Crippen molar-refractivity contribution in [2.24, 2.45) is 0 Å². The normalized spacial score (nSPS) is 24.2. The summed E-state index contributed by atoms with van der Waals surface area (Å²) in [6.45, 7) is 4.03. The molecule has 2 heteroatoms. The van der Waals surface area contributed by atoms with Crippen LogP contribution in [-0.4, -0.2) is 23.3 Å². The summed E-state index contributed by atoms with van der Waals surface area (Å²) in [6.07, 6.45) is 7.50. The van der Waals surface area contributed by atoms with Gasteiger partial charge in [0.15, 0.2) is 0 Å². The summed E-state index contributed by atoms with van der Waals surface area (Å²) in [4.78, 5) is 0. The number of aliphatic hydroxyl groups excluding tert-OH is 1. The van der Waals surface area contributed by atoms with Crippen LogP contribution in [0.4, 0.5) is 0 Å². The molecule has 1 fully saturated rings. The van der Waals surface area contributed by atoms with Crippen molar-refractivity contribution in [1.29, 1.82) is 0 Å². The maximum atomic E-state index is 9.21. The fraction of sp³-hybridized carbons (Fsp3) is 1.00. The third-order valence-corrected chi connectivity index (χ3v) is 2.82. The maximum Gasteiger partial charge on any atom is 0.0526 e. The molecule has 0 aromatic rings. The van der Waals surface area contributed by atoms with Gasteiger partial charge in [0.2, 0.25) is 0 Å². The first kappa shape index (κ1) is 11.0. The van der Waals surface area contributed by atoms with Crippen molar-refractivity contribution in [3.05, 3.63) is 0 Å². The van der Waals surface area contributed by atoms with E-state index in [1.807, 2.05) is 6.92 Å². The number of aliphatic hydroxyl groups is 1. The lowest BCUT2D eigenvalue weighted by Gasteiger charge is -2.27. The molecule has 1 saturated carbocycles. The Hall–Kier alpha value is -0.0800. The Balaban J connectivity index is 2.14. The summed E-state index contributed by atoms with van der Waals surface area (Å²) >= 11 is 0. The van der Waals surface area contributed by atoms with E-state index in [1.165, 1.54) is 32.1 Å². The Bertz CT molecular complexity index is 130. The molecule has 2 N–H and O–H groups in total. The molecule has 13 heavy (non-hydrogen) atoms. The Labute approximate surface area is 81.7 Å². The lowest BCUT2D eigenvalue weighted by atomic mass is 9.94. The van der Waals surface area contributed by atoms with Crippen LogP contribution in [0.15, 0.2) is 0 Å². The van der Waals surface area contributed by atoms with E-state index in [9.17, 15) is 5.11 Å². The van der Waals surface area contributed by atoms with Crippen LogP contribution in [0.25, 0.3) is 0 Å². The summed E-state index contributed by atoms with van der Waals surface area (Å²) in [5.74, 6) is 0. The monoisotopic (exact) mass is 185 g/mol. The molecule has 1 aliphatic rings. The highest BCUT2D eigenvalue weighted by Gasteiger charge is 2.15. The van der Waals surface area contributed by atoms with Gasteiger partial charge >= 0.3 is 0 Å². The number of nitrogens with one attached hydrogen (secondary N) is 1. The van der Waals surface area contributed by atoms with Gasteiger partial charge in [0.1, 0.15) is 0 Å². The first-order chi connectivity index (χ1) is 6.18. The second-order valence-electron chi connectivity index (χ2n) is 4.49. The molecule has 2 nitrogen and oxygen atoms in total. The van der Waals surface area contributed by atoms with Crippen molar-refractivity contribution in [1.82, 2.24) is 5.32 Å². The van der Waals surface area contributed by atoms with Gasteiger partial charge in [-0.25, -0.2) is 0 Å². The molecule has 0 unspecified atom stereocenters.